The van der Waals surface area contributed by atoms with E-state index in [9.17, 15) is 10.2 Å². The van der Waals surface area contributed by atoms with Gasteiger partial charge in [0.2, 0.25) is 0 Å². The Morgan fingerprint density at radius 2 is 1.67 bits per heavy atom. The van der Waals surface area contributed by atoms with Crippen LogP contribution in [0.4, 0.5) is 0 Å². The van der Waals surface area contributed by atoms with Crippen molar-refractivity contribution in [3.05, 3.63) is 66.6 Å². The fourth-order valence-corrected chi connectivity index (χ4v) is 2.65. The molecule has 0 spiro atoms. The van der Waals surface area contributed by atoms with Crippen molar-refractivity contribution in [2.75, 3.05) is 0 Å². The SMILES string of the molecule is CC(O)CCCC=Cc1ccc(-c2ncc(-c3ccc(O)cc3)cn2)nc1. The van der Waals surface area contributed by atoms with Crippen molar-refractivity contribution in [1.82, 2.24) is 15.0 Å². The lowest BCUT2D eigenvalue weighted by Gasteiger charge is -2.03. The molecule has 3 aromatic rings. The maximum absolute atomic E-state index is 9.37. The molecule has 5 heteroatoms. The zero-order chi connectivity index (χ0) is 19.1. The van der Waals surface area contributed by atoms with Gasteiger partial charge in [-0.15, -0.1) is 0 Å². The van der Waals surface area contributed by atoms with Gasteiger partial charge in [-0.3, -0.25) is 4.98 Å². The zero-order valence-electron chi connectivity index (χ0n) is 15.3. The molecule has 3 rings (SSSR count). The molecule has 0 fully saturated rings. The van der Waals surface area contributed by atoms with Crippen molar-refractivity contribution < 1.29 is 10.2 Å². The van der Waals surface area contributed by atoms with Crippen molar-refractivity contribution >= 4 is 6.08 Å². The molecule has 0 bridgehead atoms. The summed E-state index contributed by atoms with van der Waals surface area (Å²) in [5.74, 6) is 0.808. The molecule has 0 aliphatic carbocycles. The number of aromatic hydroxyl groups is 1. The van der Waals surface area contributed by atoms with E-state index in [0.717, 1.165) is 41.6 Å². The number of rotatable bonds is 7. The summed E-state index contributed by atoms with van der Waals surface area (Å²) < 4.78 is 0. The summed E-state index contributed by atoms with van der Waals surface area (Å²) in [4.78, 5) is 13.2. The summed E-state index contributed by atoms with van der Waals surface area (Å²) in [5, 5.41) is 18.6. The van der Waals surface area contributed by atoms with Crippen LogP contribution in [-0.4, -0.2) is 31.3 Å². The van der Waals surface area contributed by atoms with Gasteiger partial charge in [0, 0.05) is 24.2 Å². The summed E-state index contributed by atoms with van der Waals surface area (Å²) in [5.41, 5.74) is 3.58. The number of phenolic OH excluding ortho intramolecular Hbond substituents is 1. The van der Waals surface area contributed by atoms with Crippen molar-refractivity contribution in [1.29, 1.82) is 0 Å². The largest absolute Gasteiger partial charge is 0.508 e. The second kappa shape index (κ2) is 9.05. The van der Waals surface area contributed by atoms with Crippen LogP contribution in [0, 0.1) is 0 Å². The number of nitrogens with zero attached hydrogens (tertiary/aromatic N) is 3. The molecule has 0 saturated carbocycles. The van der Waals surface area contributed by atoms with E-state index in [-0.39, 0.29) is 11.9 Å². The van der Waals surface area contributed by atoms with Crippen LogP contribution >= 0.6 is 0 Å². The number of allylic oxidation sites excluding steroid dienone is 1. The molecule has 1 atom stereocenters. The Kier molecular flexibility index (Phi) is 6.28. The van der Waals surface area contributed by atoms with Crippen LogP contribution in [0.1, 0.15) is 31.7 Å². The second-order valence-corrected chi connectivity index (χ2v) is 6.50. The highest BCUT2D eigenvalue weighted by atomic mass is 16.3. The third kappa shape index (κ3) is 5.46. The van der Waals surface area contributed by atoms with Gasteiger partial charge in [0.25, 0.3) is 0 Å². The van der Waals surface area contributed by atoms with E-state index in [4.69, 9.17) is 0 Å². The Balaban J connectivity index is 1.63. The topological polar surface area (TPSA) is 79.1 Å². The highest BCUT2D eigenvalue weighted by Gasteiger charge is 2.04. The summed E-state index contributed by atoms with van der Waals surface area (Å²) in [6, 6.07) is 10.8. The maximum atomic E-state index is 9.37. The van der Waals surface area contributed by atoms with Gasteiger partial charge < -0.3 is 10.2 Å². The van der Waals surface area contributed by atoms with Gasteiger partial charge in [-0.1, -0.05) is 30.4 Å². The third-order valence-electron chi connectivity index (χ3n) is 4.17. The van der Waals surface area contributed by atoms with E-state index >= 15 is 0 Å². The first-order valence-corrected chi connectivity index (χ1v) is 9.04. The molecule has 1 aromatic carbocycles. The van der Waals surface area contributed by atoms with Crippen molar-refractivity contribution in [2.45, 2.75) is 32.3 Å². The first kappa shape index (κ1) is 18.7. The van der Waals surface area contributed by atoms with Crippen LogP contribution in [0.3, 0.4) is 0 Å². The van der Waals surface area contributed by atoms with Crippen LogP contribution in [0.2, 0.25) is 0 Å². The molecule has 0 radical (unpaired) electrons. The van der Waals surface area contributed by atoms with Gasteiger partial charge in [0.15, 0.2) is 5.82 Å². The fraction of sp³-hybridized carbons (Fsp3) is 0.227. The molecule has 2 heterocycles. The third-order valence-corrected chi connectivity index (χ3v) is 4.17. The van der Waals surface area contributed by atoms with Crippen molar-refractivity contribution in [3.8, 4) is 28.4 Å². The number of phenols is 1. The highest BCUT2D eigenvalue weighted by molar-refractivity contribution is 5.63. The lowest BCUT2D eigenvalue weighted by Crippen LogP contribution is -1.97. The quantitative estimate of drug-likeness (QED) is 0.607. The first-order chi connectivity index (χ1) is 13.1. The molecule has 0 aliphatic rings. The van der Waals surface area contributed by atoms with Crippen LogP contribution < -0.4 is 0 Å². The monoisotopic (exact) mass is 361 g/mol. The Morgan fingerprint density at radius 1 is 0.926 bits per heavy atom. The number of unbranched alkanes of at least 4 members (excludes halogenated alkanes) is 1. The van der Waals surface area contributed by atoms with E-state index in [2.05, 4.69) is 21.0 Å². The predicted octanol–water partition coefficient (Wildman–Crippen LogP) is 4.48. The van der Waals surface area contributed by atoms with Crippen LogP contribution in [0.5, 0.6) is 5.75 Å². The smallest absolute Gasteiger partial charge is 0.178 e. The lowest BCUT2D eigenvalue weighted by atomic mass is 10.1. The predicted molar refractivity (Wildman–Crippen MR) is 107 cm³/mol. The van der Waals surface area contributed by atoms with Gasteiger partial charge in [-0.05, 0) is 55.5 Å². The number of hydrogen-bond donors (Lipinski definition) is 2. The molecule has 5 nitrogen and oxygen atoms in total. The average molecular weight is 361 g/mol. The maximum Gasteiger partial charge on any atom is 0.178 e. The standard InChI is InChI=1S/C22H23N3O2/c1-16(26)5-3-2-4-6-17-7-12-21(23-13-17)22-24-14-19(15-25-22)18-8-10-20(27)11-9-18/h4,6-16,26-27H,2-3,5H2,1H3. The van der Waals surface area contributed by atoms with Crippen molar-refractivity contribution in [3.63, 3.8) is 0 Å². The van der Waals surface area contributed by atoms with Crippen LogP contribution in [0.15, 0.2) is 61.1 Å². The zero-order valence-corrected chi connectivity index (χ0v) is 15.3. The Hall–Kier alpha value is -3.05. The molecule has 1 unspecified atom stereocenters. The molecule has 138 valence electrons. The Labute approximate surface area is 159 Å². The lowest BCUT2D eigenvalue weighted by molar-refractivity contribution is 0.182. The minimum atomic E-state index is -0.236. The molecular weight excluding hydrogens is 338 g/mol. The van der Waals surface area contributed by atoms with Gasteiger partial charge in [0.1, 0.15) is 11.4 Å². The van der Waals surface area contributed by atoms with Crippen LogP contribution in [-0.2, 0) is 0 Å². The molecule has 0 aliphatic heterocycles. The van der Waals surface area contributed by atoms with E-state index in [0.29, 0.717) is 5.82 Å². The summed E-state index contributed by atoms with van der Waals surface area (Å²) in [7, 11) is 0. The minimum Gasteiger partial charge on any atom is -0.508 e. The molecule has 2 N–H and O–H groups in total. The molecular formula is C22H23N3O2. The molecule has 27 heavy (non-hydrogen) atoms. The van der Waals surface area contributed by atoms with E-state index < -0.39 is 0 Å². The van der Waals surface area contributed by atoms with Gasteiger partial charge >= 0.3 is 0 Å². The highest BCUT2D eigenvalue weighted by Crippen LogP contribution is 2.22. The number of hydrogen-bond acceptors (Lipinski definition) is 5. The molecule has 2 aromatic heterocycles. The summed E-state index contributed by atoms with van der Waals surface area (Å²) in [6.45, 7) is 1.81. The minimum absolute atomic E-state index is 0.234. The summed E-state index contributed by atoms with van der Waals surface area (Å²) in [6.07, 6.45) is 11.9. The number of benzene rings is 1. The molecule has 0 amide bonds. The van der Waals surface area contributed by atoms with Gasteiger partial charge in [-0.25, -0.2) is 9.97 Å². The van der Waals surface area contributed by atoms with Crippen LogP contribution in [0.25, 0.3) is 28.7 Å². The fourth-order valence-electron chi connectivity index (χ4n) is 2.65. The number of aliphatic hydroxyl groups excluding tert-OH is 1. The average Bonchev–Trinajstić information content (AvgIpc) is 2.69. The number of aliphatic hydroxyl groups is 1. The Morgan fingerprint density at radius 3 is 2.30 bits per heavy atom. The number of pyridine rings is 1. The van der Waals surface area contributed by atoms with E-state index in [1.54, 1.807) is 30.7 Å². The van der Waals surface area contributed by atoms with E-state index in [1.165, 1.54) is 0 Å². The van der Waals surface area contributed by atoms with Crippen molar-refractivity contribution in [2.24, 2.45) is 0 Å². The summed E-state index contributed by atoms with van der Waals surface area (Å²) >= 11 is 0. The van der Waals surface area contributed by atoms with Gasteiger partial charge in [0.05, 0.1) is 6.10 Å². The first-order valence-electron chi connectivity index (χ1n) is 9.04. The number of aromatic nitrogens is 3. The Bertz CT molecular complexity index is 871. The second-order valence-electron chi connectivity index (χ2n) is 6.50. The normalized spacial score (nSPS) is 12.4. The van der Waals surface area contributed by atoms with E-state index in [1.807, 2.05) is 37.3 Å². The molecule has 0 saturated heterocycles. The van der Waals surface area contributed by atoms with Gasteiger partial charge in [-0.2, -0.15) is 0 Å².